The van der Waals surface area contributed by atoms with Gasteiger partial charge in [0, 0.05) is 25.1 Å². The standard InChI is InChI=1S/C14H21NO2S/c1-3-12-4-5-14(18-12)13(16)10-15-8-6-11(17-2)7-9-15/h4-5,11H,3,6-10H2,1-2H3. The monoisotopic (exact) mass is 267 g/mol. The Morgan fingerprint density at radius 2 is 2.17 bits per heavy atom. The molecule has 18 heavy (non-hydrogen) atoms. The molecule has 1 saturated heterocycles. The van der Waals surface area contributed by atoms with Crippen LogP contribution in [0.25, 0.3) is 0 Å². The number of methoxy groups -OCH3 is 1. The van der Waals surface area contributed by atoms with Gasteiger partial charge in [0.25, 0.3) is 0 Å². The molecule has 2 rings (SSSR count). The molecule has 1 aliphatic rings. The van der Waals surface area contributed by atoms with Gasteiger partial charge >= 0.3 is 0 Å². The number of thiophene rings is 1. The molecule has 1 aromatic rings. The Balaban J connectivity index is 1.84. The van der Waals surface area contributed by atoms with Crippen molar-refractivity contribution in [3.63, 3.8) is 0 Å². The number of nitrogens with zero attached hydrogens (tertiary/aromatic N) is 1. The Kier molecular flexibility index (Phi) is 4.92. The van der Waals surface area contributed by atoms with Gasteiger partial charge in [0.2, 0.25) is 0 Å². The molecule has 1 aliphatic heterocycles. The van der Waals surface area contributed by atoms with E-state index in [0.29, 0.717) is 12.6 Å². The van der Waals surface area contributed by atoms with Gasteiger partial charge in [-0.05, 0) is 31.4 Å². The number of ether oxygens (including phenoxy) is 1. The van der Waals surface area contributed by atoms with E-state index in [-0.39, 0.29) is 5.78 Å². The summed E-state index contributed by atoms with van der Waals surface area (Å²) in [6.07, 6.45) is 3.46. The highest BCUT2D eigenvalue weighted by atomic mass is 32.1. The molecule has 0 atom stereocenters. The lowest BCUT2D eigenvalue weighted by molar-refractivity contribution is 0.0402. The number of carbonyl (C=O) groups excluding carboxylic acids is 1. The van der Waals surface area contributed by atoms with Gasteiger partial charge in [0.05, 0.1) is 17.5 Å². The highest BCUT2D eigenvalue weighted by Gasteiger charge is 2.21. The lowest BCUT2D eigenvalue weighted by Crippen LogP contribution is -2.39. The highest BCUT2D eigenvalue weighted by Crippen LogP contribution is 2.19. The molecular formula is C14H21NO2S. The van der Waals surface area contributed by atoms with Crippen molar-refractivity contribution in [2.45, 2.75) is 32.3 Å². The third-order valence-electron chi connectivity index (χ3n) is 3.52. The Morgan fingerprint density at radius 3 is 2.72 bits per heavy atom. The third-order valence-corrected chi connectivity index (χ3v) is 4.79. The van der Waals surface area contributed by atoms with E-state index in [2.05, 4.69) is 17.9 Å². The van der Waals surface area contributed by atoms with Crippen LogP contribution in [-0.2, 0) is 11.2 Å². The van der Waals surface area contributed by atoms with E-state index in [1.165, 1.54) is 4.88 Å². The summed E-state index contributed by atoms with van der Waals surface area (Å²) in [5.74, 6) is 0.260. The van der Waals surface area contributed by atoms with Crippen LogP contribution in [0, 0.1) is 0 Å². The summed E-state index contributed by atoms with van der Waals surface area (Å²) < 4.78 is 5.34. The van der Waals surface area contributed by atoms with Crippen molar-refractivity contribution in [3.8, 4) is 0 Å². The van der Waals surface area contributed by atoms with E-state index in [0.717, 1.165) is 37.2 Å². The molecule has 3 nitrogen and oxygen atoms in total. The first-order chi connectivity index (χ1) is 8.72. The second kappa shape index (κ2) is 6.45. The Bertz CT molecular complexity index is 394. The summed E-state index contributed by atoms with van der Waals surface area (Å²) in [6, 6.07) is 4.03. The predicted molar refractivity (Wildman–Crippen MR) is 74.5 cm³/mol. The fourth-order valence-corrected chi connectivity index (χ4v) is 3.18. The zero-order chi connectivity index (χ0) is 13.0. The van der Waals surface area contributed by atoms with E-state index < -0.39 is 0 Å². The molecule has 0 aromatic carbocycles. The molecule has 4 heteroatoms. The van der Waals surface area contributed by atoms with Crippen molar-refractivity contribution in [1.29, 1.82) is 0 Å². The van der Waals surface area contributed by atoms with Crippen molar-refractivity contribution in [2.24, 2.45) is 0 Å². The molecule has 0 bridgehead atoms. The van der Waals surface area contributed by atoms with E-state index in [1.54, 1.807) is 18.4 Å². The highest BCUT2D eigenvalue weighted by molar-refractivity contribution is 7.14. The number of piperidine rings is 1. The average Bonchev–Trinajstić information content (AvgIpc) is 2.88. The molecule has 0 N–H and O–H groups in total. The van der Waals surface area contributed by atoms with Crippen molar-refractivity contribution in [1.82, 2.24) is 4.90 Å². The van der Waals surface area contributed by atoms with Crippen LogP contribution >= 0.6 is 11.3 Å². The van der Waals surface area contributed by atoms with Crippen LogP contribution in [-0.4, -0.2) is 43.5 Å². The maximum atomic E-state index is 12.1. The first-order valence-electron chi connectivity index (χ1n) is 6.60. The zero-order valence-electron chi connectivity index (χ0n) is 11.1. The van der Waals surface area contributed by atoms with Gasteiger partial charge in [-0.1, -0.05) is 6.92 Å². The fraction of sp³-hybridized carbons (Fsp3) is 0.643. The Hall–Kier alpha value is -0.710. The van der Waals surface area contributed by atoms with Gasteiger partial charge in [-0.2, -0.15) is 0 Å². The molecule has 1 aromatic heterocycles. The van der Waals surface area contributed by atoms with Gasteiger partial charge in [0.1, 0.15) is 0 Å². The van der Waals surface area contributed by atoms with Crippen LogP contribution < -0.4 is 0 Å². The molecule has 0 spiro atoms. The number of hydrogen-bond acceptors (Lipinski definition) is 4. The molecule has 1 fully saturated rings. The number of hydrogen-bond donors (Lipinski definition) is 0. The van der Waals surface area contributed by atoms with Crippen molar-refractivity contribution >= 4 is 17.1 Å². The summed E-state index contributed by atoms with van der Waals surface area (Å²) in [6.45, 7) is 4.61. The SMILES string of the molecule is CCc1ccc(C(=O)CN2CCC(OC)CC2)s1. The molecule has 0 amide bonds. The smallest absolute Gasteiger partial charge is 0.186 e. The van der Waals surface area contributed by atoms with E-state index in [9.17, 15) is 4.79 Å². The minimum absolute atomic E-state index is 0.260. The van der Waals surface area contributed by atoms with Gasteiger partial charge < -0.3 is 4.74 Å². The van der Waals surface area contributed by atoms with Gasteiger partial charge in [-0.25, -0.2) is 0 Å². The number of rotatable bonds is 5. The Labute approximate surface area is 113 Å². The number of carbonyl (C=O) groups is 1. The van der Waals surface area contributed by atoms with Gasteiger partial charge in [0.15, 0.2) is 5.78 Å². The van der Waals surface area contributed by atoms with Crippen molar-refractivity contribution in [3.05, 3.63) is 21.9 Å². The molecule has 0 saturated carbocycles. The number of aryl methyl sites for hydroxylation is 1. The first-order valence-corrected chi connectivity index (χ1v) is 7.41. The van der Waals surface area contributed by atoms with E-state index >= 15 is 0 Å². The van der Waals surface area contributed by atoms with E-state index in [1.807, 2.05) is 6.07 Å². The summed E-state index contributed by atoms with van der Waals surface area (Å²) in [4.78, 5) is 16.6. The fourth-order valence-electron chi connectivity index (χ4n) is 2.30. The molecule has 100 valence electrons. The maximum Gasteiger partial charge on any atom is 0.186 e. The number of Topliss-reactive ketones (excluding diaryl/α,β-unsaturated/α-hetero) is 1. The van der Waals surface area contributed by atoms with Crippen LogP contribution in [0.5, 0.6) is 0 Å². The maximum absolute atomic E-state index is 12.1. The minimum Gasteiger partial charge on any atom is -0.381 e. The largest absolute Gasteiger partial charge is 0.381 e. The van der Waals surface area contributed by atoms with E-state index in [4.69, 9.17) is 4.74 Å². The number of likely N-dealkylation sites (tertiary alicyclic amines) is 1. The van der Waals surface area contributed by atoms with Crippen molar-refractivity contribution in [2.75, 3.05) is 26.7 Å². The van der Waals surface area contributed by atoms with Crippen LogP contribution in [0.15, 0.2) is 12.1 Å². The average molecular weight is 267 g/mol. The molecular weight excluding hydrogens is 246 g/mol. The molecule has 2 heterocycles. The number of ketones is 1. The second-order valence-corrected chi connectivity index (χ2v) is 5.92. The van der Waals surface area contributed by atoms with Crippen LogP contribution in [0.1, 0.15) is 34.3 Å². The normalized spacial score (nSPS) is 18.1. The molecule has 0 unspecified atom stereocenters. The summed E-state index contributed by atoms with van der Waals surface area (Å²) in [5, 5.41) is 0. The van der Waals surface area contributed by atoms with Crippen LogP contribution in [0.2, 0.25) is 0 Å². The second-order valence-electron chi connectivity index (χ2n) is 4.75. The van der Waals surface area contributed by atoms with Crippen LogP contribution in [0.3, 0.4) is 0 Å². The van der Waals surface area contributed by atoms with Crippen molar-refractivity contribution < 1.29 is 9.53 Å². The van der Waals surface area contributed by atoms with Crippen LogP contribution in [0.4, 0.5) is 0 Å². The summed E-state index contributed by atoms with van der Waals surface area (Å²) >= 11 is 1.63. The lowest BCUT2D eigenvalue weighted by atomic mass is 10.1. The zero-order valence-corrected chi connectivity index (χ0v) is 12.0. The minimum atomic E-state index is 0.260. The van der Waals surface area contributed by atoms with Gasteiger partial charge in [-0.3, -0.25) is 9.69 Å². The Morgan fingerprint density at radius 1 is 1.44 bits per heavy atom. The lowest BCUT2D eigenvalue weighted by Gasteiger charge is -2.30. The summed E-state index contributed by atoms with van der Waals surface area (Å²) in [7, 11) is 1.77. The summed E-state index contributed by atoms with van der Waals surface area (Å²) in [5.41, 5.74) is 0. The quantitative estimate of drug-likeness (QED) is 0.768. The first kappa shape index (κ1) is 13.7. The van der Waals surface area contributed by atoms with Gasteiger partial charge in [-0.15, -0.1) is 11.3 Å². The molecule has 0 radical (unpaired) electrons. The topological polar surface area (TPSA) is 29.5 Å². The third kappa shape index (κ3) is 3.40. The predicted octanol–water partition coefficient (Wildman–Crippen LogP) is 2.60. The molecule has 0 aliphatic carbocycles.